The van der Waals surface area contributed by atoms with Crippen LogP contribution in [0.4, 0.5) is 29.3 Å². The number of hydrogen-bond acceptors (Lipinski definition) is 3. The zero-order valence-corrected chi connectivity index (χ0v) is 17.2. The van der Waals surface area contributed by atoms with Crippen LogP contribution in [0.5, 0.6) is 0 Å². The molecule has 1 unspecified atom stereocenters. The number of piperazine rings is 1. The van der Waals surface area contributed by atoms with Crippen molar-refractivity contribution in [2.75, 3.05) is 42.9 Å². The highest BCUT2D eigenvalue weighted by atomic mass is 19.3. The number of nitrogens with zero attached hydrogens (tertiary/aromatic N) is 2. The first-order valence-electron chi connectivity index (χ1n) is 10.1. The van der Waals surface area contributed by atoms with E-state index in [1.807, 2.05) is 0 Å². The molecule has 2 aromatic rings. The molecule has 2 aromatic carbocycles. The van der Waals surface area contributed by atoms with Gasteiger partial charge in [0.15, 0.2) is 0 Å². The quantitative estimate of drug-likeness (QED) is 0.707. The Labute approximate surface area is 174 Å². The molecule has 0 radical (unpaired) electrons. The number of rotatable bonds is 6. The molecule has 0 bridgehead atoms. The molecule has 0 aromatic heterocycles. The maximum Gasteiger partial charge on any atom is 0.319 e. The number of likely N-dealkylation sites (N-methyl/N-ethyl adjacent to an activating group) is 1. The highest BCUT2D eigenvalue weighted by Gasteiger charge is 2.22. The van der Waals surface area contributed by atoms with E-state index in [9.17, 15) is 18.0 Å². The van der Waals surface area contributed by atoms with Crippen LogP contribution in [0.1, 0.15) is 37.4 Å². The molecule has 0 aliphatic carbocycles. The van der Waals surface area contributed by atoms with Crippen molar-refractivity contribution in [2.45, 2.75) is 26.3 Å². The van der Waals surface area contributed by atoms with Crippen molar-refractivity contribution in [3.63, 3.8) is 0 Å². The van der Waals surface area contributed by atoms with Crippen LogP contribution in [0.3, 0.4) is 0 Å². The van der Waals surface area contributed by atoms with E-state index < -0.39 is 18.5 Å². The van der Waals surface area contributed by atoms with Crippen molar-refractivity contribution < 1.29 is 18.0 Å². The topological polar surface area (TPSA) is 47.6 Å². The van der Waals surface area contributed by atoms with Gasteiger partial charge in [-0.3, -0.25) is 0 Å². The Morgan fingerprint density at radius 1 is 1.10 bits per heavy atom. The number of urea groups is 1. The van der Waals surface area contributed by atoms with E-state index in [0.29, 0.717) is 5.56 Å². The lowest BCUT2D eigenvalue weighted by Gasteiger charge is -2.37. The monoisotopic (exact) mass is 420 g/mol. The summed E-state index contributed by atoms with van der Waals surface area (Å²) in [5.74, 6) is -0.375. The standard InChI is InChI=1S/C22H27F3N4O/c1-3-28-9-11-29(12-10-28)20-8-7-17(23)14-19(20)15(2)26-22(30)27-18-6-4-5-16(13-18)21(24)25/h4-8,13-15,21H,3,9-12H2,1-2H3,(H2,26,27,30). The summed E-state index contributed by atoms with van der Waals surface area (Å²) in [6, 6.07) is 9.12. The summed E-state index contributed by atoms with van der Waals surface area (Å²) in [7, 11) is 0. The minimum atomic E-state index is -2.61. The van der Waals surface area contributed by atoms with Gasteiger partial charge in [0.1, 0.15) is 5.82 Å². The van der Waals surface area contributed by atoms with Gasteiger partial charge in [-0.05, 0) is 43.8 Å². The summed E-state index contributed by atoms with van der Waals surface area (Å²) < 4.78 is 39.7. The summed E-state index contributed by atoms with van der Waals surface area (Å²) in [6.45, 7) is 8.40. The Morgan fingerprint density at radius 3 is 2.50 bits per heavy atom. The van der Waals surface area contributed by atoms with Gasteiger partial charge in [-0.1, -0.05) is 19.1 Å². The fourth-order valence-corrected chi connectivity index (χ4v) is 3.66. The molecular formula is C22H27F3N4O. The second-order valence-corrected chi connectivity index (χ2v) is 7.37. The molecule has 0 saturated carbocycles. The summed E-state index contributed by atoms with van der Waals surface area (Å²) in [4.78, 5) is 17.0. The number of carbonyl (C=O) groups is 1. The minimum absolute atomic E-state index is 0.167. The predicted molar refractivity (Wildman–Crippen MR) is 113 cm³/mol. The molecule has 1 aliphatic heterocycles. The van der Waals surface area contributed by atoms with Gasteiger partial charge >= 0.3 is 6.03 Å². The first-order chi connectivity index (χ1) is 14.4. The molecule has 1 atom stereocenters. The van der Waals surface area contributed by atoms with E-state index in [1.54, 1.807) is 13.0 Å². The third kappa shape index (κ3) is 5.44. The predicted octanol–water partition coefficient (Wildman–Crippen LogP) is 4.79. The fourth-order valence-electron chi connectivity index (χ4n) is 3.66. The van der Waals surface area contributed by atoms with Crippen LogP contribution < -0.4 is 15.5 Å². The first-order valence-corrected chi connectivity index (χ1v) is 10.1. The van der Waals surface area contributed by atoms with Gasteiger partial charge < -0.3 is 20.4 Å². The maximum absolute atomic E-state index is 14.0. The summed E-state index contributed by atoms with van der Waals surface area (Å²) in [5.41, 5.74) is 1.67. The van der Waals surface area contributed by atoms with Gasteiger partial charge in [0.05, 0.1) is 6.04 Å². The molecule has 162 valence electrons. The van der Waals surface area contributed by atoms with Crippen molar-refractivity contribution in [2.24, 2.45) is 0 Å². The Kier molecular flexibility index (Phi) is 7.20. The lowest BCUT2D eigenvalue weighted by atomic mass is 10.0. The third-order valence-electron chi connectivity index (χ3n) is 5.36. The highest BCUT2D eigenvalue weighted by Crippen LogP contribution is 2.29. The van der Waals surface area contributed by atoms with Crippen molar-refractivity contribution in [1.82, 2.24) is 10.2 Å². The third-order valence-corrected chi connectivity index (χ3v) is 5.36. The lowest BCUT2D eigenvalue weighted by Crippen LogP contribution is -2.46. The summed E-state index contributed by atoms with van der Waals surface area (Å²) in [5, 5.41) is 5.35. The van der Waals surface area contributed by atoms with E-state index in [1.165, 1.54) is 36.4 Å². The van der Waals surface area contributed by atoms with Gasteiger partial charge in [-0.15, -0.1) is 0 Å². The van der Waals surface area contributed by atoms with Gasteiger partial charge in [0, 0.05) is 48.7 Å². The smallest absolute Gasteiger partial charge is 0.319 e. The largest absolute Gasteiger partial charge is 0.369 e. The van der Waals surface area contributed by atoms with Gasteiger partial charge in [-0.2, -0.15) is 0 Å². The highest BCUT2D eigenvalue weighted by molar-refractivity contribution is 5.89. The number of nitrogens with one attached hydrogen (secondary N) is 2. The van der Waals surface area contributed by atoms with Crippen molar-refractivity contribution >= 4 is 17.4 Å². The first kappa shape index (κ1) is 22.0. The van der Waals surface area contributed by atoms with Gasteiger partial charge in [0.2, 0.25) is 0 Å². The molecule has 5 nitrogen and oxygen atoms in total. The number of hydrogen-bond donors (Lipinski definition) is 2. The number of benzene rings is 2. The van der Waals surface area contributed by atoms with Crippen LogP contribution in [0, 0.1) is 5.82 Å². The Balaban J connectivity index is 1.70. The van der Waals surface area contributed by atoms with E-state index >= 15 is 0 Å². The SMILES string of the molecule is CCN1CCN(c2ccc(F)cc2C(C)NC(=O)Nc2cccc(C(F)F)c2)CC1. The molecule has 8 heteroatoms. The maximum atomic E-state index is 14.0. The summed E-state index contributed by atoms with van der Waals surface area (Å²) >= 11 is 0. The second kappa shape index (κ2) is 9.84. The lowest BCUT2D eigenvalue weighted by molar-refractivity contribution is 0.151. The normalized spacial score (nSPS) is 15.9. The fraction of sp³-hybridized carbons (Fsp3) is 0.409. The molecule has 2 N–H and O–H groups in total. The second-order valence-electron chi connectivity index (χ2n) is 7.37. The van der Waals surface area contributed by atoms with Crippen LogP contribution >= 0.6 is 0 Å². The zero-order chi connectivity index (χ0) is 21.7. The van der Waals surface area contributed by atoms with Crippen LogP contribution in [-0.4, -0.2) is 43.7 Å². The zero-order valence-electron chi connectivity index (χ0n) is 17.2. The molecule has 0 spiro atoms. The summed E-state index contributed by atoms with van der Waals surface area (Å²) in [6.07, 6.45) is -2.61. The molecule has 2 amide bonds. The Hall–Kier alpha value is -2.74. The number of halogens is 3. The molecule has 1 saturated heterocycles. The van der Waals surface area contributed by atoms with E-state index in [0.717, 1.165) is 38.4 Å². The molecule has 3 rings (SSSR count). The van der Waals surface area contributed by atoms with Crippen molar-refractivity contribution in [3.8, 4) is 0 Å². The number of anilines is 2. The average molecular weight is 420 g/mol. The number of alkyl halides is 2. The van der Waals surface area contributed by atoms with Crippen LogP contribution in [0.25, 0.3) is 0 Å². The molecule has 30 heavy (non-hydrogen) atoms. The van der Waals surface area contributed by atoms with E-state index in [4.69, 9.17) is 0 Å². The van der Waals surface area contributed by atoms with Crippen LogP contribution in [0.15, 0.2) is 42.5 Å². The average Bonchev–Trinajstić information content (AvgIpc) is 2.73. The minimum Gasteiger partial charge on any atom is -0.369 e. The molecule has 1 fully saturated rings. The Bertz CT molecular complexity index is 869. The van der Waals surface area contributed by atoms with E-state index in [-0.39, 0.29) is 17.1 Å². The molecular weight excluding hydrogens is 393 g/mol. The van der Waals surface area contributed by atoms with Crippen molar-refractivity contribution in [3.05, 3.63) is 59.4 Å². The van der Waals surface area contributed by atoms with Gasteiger partial charge in [0.25, 0.3) is 6.43 Å². The number of amides is 2. The van der Waals surface area contributed by atoms with E-state index in [2.05, 4.69) is 27.4 Å². The molecule has 1 heterocycles. The Morgan fingerprint density at radius 2 is 1.83 bits per heavy atom. The van der Waals surface area contributed by atoms with Gasteiger partial charge in [-0.25, -0.2) is 18.0 Å². The molecule has 1 aliphatic rings. The van der Waals surface area contributed by atoms with Crippen LogP contribution in [0.2, 0.25) is 0 Å². The number of carbonyl (C=O) groups excluding carboxylic acids is 1. The van der Waals surface area contributed by atoms with Crippen molar-refractivity contribution in [1.29, 1.82) is 0 Å². The van der Waals surface area contributed by atoms with Crippen LogP contribution in [-0.2, 0) is 0 Å².